The second-order valence-electron chi connectivity index (χ2n) is 3.43. The minimum absolute atomic E-state index is 0.0654. The van der Waals surface area contributed by atoms with E-state index in [0.717, 1.165) is 0 Å². The van der Waals surface area contributed by atoms with E-state index >= 15 is 0 Å². The van der Waals surface area contributed by atoms with Gasteiger partial charge in [-0.1, -0.05) is 0 Å². The second kappa shape index (κ2) is 4.56. The molecule has 0 radical (unpaired) electrons. The van der Waals surface area contributed by atoms with Crippen molar-refractivity contribution in [1.29, 1.82) is 0 Å². The summed E-state index contributed by atoms with van der Waals surface area (Å²) in [6.07, 6.45) is -11.2. The highest BCUT2D eigenvalue weighted by Gasteiger charge is 2.45. The number of primary amides is 1. The molecule has 0 spiro atoms. The van der Waals surface area contributed by atoms with Crippen molar-refractivity contribution in [1.82, 2.24) is 0 Å². The van der Waals surface area contributed by atoms with Gasteiger partial charge in [-0.2, -0.15) is 26.3 Å². The van der Waals surface area contributed by atoms with Crippen molar-refractivity contribution >= 4 is 12.2 Å². The van der Waals surface area contributed by atoms with Crippen molar-refractivity contribution in [2.45, 2.75) is 12.4 Å². The molecule has 0 aliphatic heterocycles. The van der Waals surface area contributed by atoms with Gasteiger partial charge in [0.1, 0.15) is 0 Å². The Morgan fingerprint density at radius 2 is 1.58 bits per heavy atom. The van der Waals surface area contributed by atoms with Crippen molar-refractivity contribution in [3.63, 3.8) is 0 Å². The molecule has 0 unspecified atom stereocenters. The SMILES string of the molecule is NC(=O)c1ccc(C(F)(F)F)c(C(F)(F)F)c1C=O. The van der Waals surface area contributed by atoms with Gasteiger partial charge in [-0.15, -0.1) is 0 Å². The molecule has 3 nitrogen and oxygen atoms in total. The first-order chi connectivity index (χ1) is 8.50. The van der Waals surface area contributed by atoms with Crippen LogP contribution in [-0.4, -0.2) is 12.2 Å². The Kier molecular flexibility index (Phi) is 3.60. The molecule has 0 saturated heterocycles. The standard InChI is InChI=1S/C10H5F6NO2/c11-9(12,13)6-2-1-4(8(17)19)5(3-18)7(6)10(14,15)16/h1-3H,(H2,17,19). The molecule has 1 amide bonds. The summed E-state index contributed by atoms with van der Waals surface area (Å²) in [5.41, 5.74) is -1.89. The number of rotatable bonds is 2. The average molecular weight is 285 g/mol. The summed E-state index contributed by atoms with van der Waals surface area (Å²) < 4.78 is 75.5. The molecule has 0 aliphatic carbocycles. The van der Waals surface area contributed by atoms with Gasteiger partial charge in [0.25, 0.3) is 0 Å². The van der Waals surface area contributed by atoms with E-state index in [1.165, 1.54) is 0 Å². The maximum atomic E-state index is 12.7. The number of halogens is 6. The summed E-state index contributed by atoms with van der Waals surface area (Å²) in [6, 6.07) is 0.500. The molecule has 1 aromatic carbocycles. The van der Waals surface area contributed by atoms with Gasteiger partial charge in [0, 0.05) is 5.56 Å². The number of carbonyl (C=O) groups is 2. The highest BCUT2D eigenvalue weighted by atomic mass is 19.4. The number of alkyl halides is 6. The average Bonchev–Trinajstić information content (AvgIpc) is 2.24. The fraction of sp³-hybridized carbons (Fsp3) is 0.200. The molecule has 0 bridgehead atoms. The summed E-state index contributed by atoms with van der Waals surface area (Å²) in [5, 5.41) is 0. The van der Waals surface area contributed by atoms with Crippen LogP contribution in [0.4, 0.5) is 26.3 Å². The van der Waals surface area contributed by atoms with E-state index in [4.69, 9.17) is 5.73 Å². The van der Waals surface area contributed by atoms with E-state index in [1.807, 2.05) is 0 Å². The number of benzene rings is 1. The van der Waals surface area contributed by atoms with Crippen LogP contribution in [0.1, 0.15) is 31.8 Å². The zero-order valence-electron chi connectivity index (χ0n) is 8.89. The van der Waals surface area contributed by atoms with E-state index in [2.05, 4.69) is 0 Å². The van der Waals surface area contributed by atoms with E-state index in [1.54, 1.807) is 0 Å². The number of carbonyl (C=O) groups excluding carboxylic acids is 2. The summed E-state index contributed by atoms with van der Waals surface area (Å²) in [7, 11) is 0. The van der Waals surface area contributed by atoms with Crippen molar-refractivity contribution in [2.24, 2.45) is 5.73 Å². The Morgan fingerprint density at radius 1 is 1.05 bits per heavy atom. The molecule has 0 heterocycles. The summed E-state index contributed by atoms with van der Waals surface area (Å²) in [4.78, 5) is 21.4. The Morgan fingerprint density at radius 3 is 1.89 bits per heavy atom. The lowest BCUT2D eigenvalue weighted by Gasteiger charge is -2.18. The van der Waals surface area contributed by atoms with Gasteiger partial charge in [-0.25, -0.2) is 0 Å². The highest BCUT2D eigenvalue weighted by Crippen LogP contribution is 2.42. The molecular formula is C10H5F6NO2. The van der Waals surface area contributed by atoms with Gasteiger partial charge in [0.2, 0.25) is 5.91 Å². The molecule has 0 fully saturated rings. The lowest BCUT2D eigenvalue weighted by atomic mass is 9.95. The zero-order chi connectivity index (χ0) is 15.0. The molecule has 0 saturated carbocycles. The van der Waals surface area contributed by atoms with Gasteiger partial charge < -0.3 is 5.73 Å². The van der Waals surface area contributed by atoms with Crippen molar-refractivity contribution in [3.05, 3.63) is 34.4 Å². The molecule has 19 heavy (non-hydrogen) atoms. The number of hydrogen-bond acceptors (Lipinski definition) is 2. The maximum absolute atomic E-state index is 12.7. The molecule has 9 heteroatoms. The largest absolute Gasteiger partial charge is 0.417 e. The molecule has 0 atom stereocenters. The third kappa shape index (κ3) is 2.85. The van der Waals surface area contributed by atoms with Crippen LogP contribution in [0.3, 0.4) is 0 Å². The van der Waals surface area contributed by atoms with Gasteiger partial charge in [0.05, 0.1) is 16.7 Å². The van der Waals surface area contributed by atoms with Crippen LogP contribution < -0.4 is 5.73 Å². The summed E-state index contributed by atoms with van der Waals surface area (Å²) >= 11 is 0. The predicted octanol–water partition coefficient (Wildman–Crippen LogP) is 2.64. The fourth-order valence-corrected chi connectivity index (χ4v) is 1.50. The number of nitrogens with two attached hydrogens (primary N) is 1. The van der Waals surface area contributed by atoms with Crippen molar-refractivity contribution in [2.75, 3.05) is 0 Å². The molecule has 0 aliphatic rings. The molecule has 0 aromatic heterocycles. The van der Waals surface area contributed by atoms with E-state index in [0.29, 0.717) is 6.07 Å². The lowest BCUT2D eigenvalue weighted by molar-refractivity contribution is -0.162. The molecule has 2 N–H and O–H groups in total. The smallest absolute Gasteiger partial charge is 0.366 e. The van der Waals surface area contributed by atoms with Crippen LogP contribution >= 0.6 is 0 Å². The maximum Gasteiger partial charge on any atom is 0.417 e. The first kappa shape index (κ1) is 15.0. The van der Waals surface area contributed by atoms with E-state index in [9.17, 15) is 35.9 Å². The minimum atomic E-state index is -5.45. The van der Waals surface area contributed by atoms with Crippen molar-refractivity contribution < 1.29 is 35.9 Å². The normalized spacial score (nSPS) is 12.3. The molecule has 1 aromatic rings. The van der Waals surface area contributed by atoms with Crippen molar-refractivity contribution in [3.8, 4) is 0 Å². The number of amides is 1. The molecule has 1 rings (SSSR count). The minimum Gasteiger partial charge on any atom is -0.366 e. The van der Waals surface area contributed by atoms with E-state index in [-0.39, 0.29) is 6.07 Å². The number of hydrogen-bond donors (Lipinski definition) is 1. The Bertz CT molecular complexity index is 532. The van der Waals surface area contributed by atoms with Crippen LogP contribution in [0, 0.1) is 0 Å². The van der Waals surface area contributed by atoms with Gasteiger partial charge >= 0.3 is 12.4 Å². The van der Waals surface area contributed by atoms with Crippen LogP contribution in [0.25, 0.3) is 0 Å². The third-order valence-corrected chi connectivity index (χ3v) is 2.22. The van der Waals surface area contributed by atoms with E-state index < -0.39 is 46.8 Å². The number of aldehydes is 1. The topological polar surface area (TPSA) is 60.2 Å². The summed E-state index contributed by atoms with van der Waals surface area (Å²) in [6.45, 7) is 0. The highest BCUT2D eigenvalue weighted by molar-refractivity contribution is 6.01. The Hall–Kier alpha value is -2.06. The predicted molar refractivity (Wildman–Crippen MR) is 50.4 cm³/mol. The van der Waals surface area contributed by atoms with Gasteiger partial charge in [-0.3, -0.25) is 9.59 Å². The monoisotopic (exact) mass is 285 g/mol. The van der Waals surface area contributed by atoms with Crippen LogP contribution in [0.15, 0.2) is 12.1 Å². The second-order valence-corrected chi connectivity index (χ2v) is 3.43. The summed E-state index contributed by atoms with van der Waals surface area (Å²) in [5.74, 6) is -1.43. The Labute approximate surface area is 102 Å². The van der Waals surface area contributed by atoms with Crippen LogP contribution in [-0.2, 0) is 12.4 Å². The lowest BCUT2D eigenvalue weighted by Crippen LogP contribution is -2.23. The van der Waals surface area contributed by atoms with Crippen LogP contribution in [0.2, 0.25) is 0 Å². The van der Waals surface area contributed by atoms with Gasteiger partial charge in [-0.05, 0) is 12.1 Å². The first-order valence-electron chi connectivity index (χ1n) is 4.56. The van der Waals surface area contributed by atoms with Crippen LogP contribution in [0.5, 0.6) is 0 Å². The quantitative estimate of drug-likeness (QED) is 0.670. The first-order valence-corrected chi connectivity index (χ1v) is 4.56. The Balaban J connectivity index is 3.82. The molecular weight excluding hydrogens is 280 g/mol. The fourth-order valence-electron chi connectivity index (χ4n) is 1.50. The zero-order valence-corrected chi connectivity index (χ0v) is 8.89. The van der Waals surface area contributed by atoms with Gasteiger partial charge in [0.15, 0.2) is 6.29 Å². The molecule has 104 valence electrons. The third-order valence-electron chi connectivity index (χ3n) is 2.22.